The maximum absolute atomic E-state index is 5.64. The number of nitrogen functional groups attached to an aromatic ring is 1. The van der Waals surface area contributed by atoms with Crippen LogP contribution < -0.4 is 15.2 Å². The third-order valence-corrected chi connectivity index (χ3v) is 3.30. The van der Waals surface area contributed by atoms with Crippen LogP contribution in [0.1, 0.15) is 6.42 Å². The second kappa shape index (κ2) is 4.53. The Kier molecular flexibility index (Phi) is 2.87. The highest BCUT2D eigenvalue weighted by Gasteiger charge is 2.16. The van der Waals surface area contributed by atoms with Gasteiger partial charge in [0.05, 0.1) is 13.2 Å². The summed E-state index contributed by atoms with van der Waals surface area (Å²) in [6, 6.07) is 5.42. The Morgan fingerprint density at radius 1 is 1.11 bits per heavy atom. The molecule has 0 aliphatic carbocycles. The van der Waals surface area contributed by atoms with E-state index in [0.29, 0.717) is 24.7 Å². The Balaban J connectivity index is 2.08. The summed E-state index contributed by atoms with van der Waals surface area (Å²) < 4.78 is 17.0. The van der Waals surface area contributed by atoms with Gasteiger partial charge in [0.25, 0.3) is 0 Å². The van der Waals surface area contributed by atoms with Gasteiger partial charge < -0.3 is 19.7 Å². The summed E-state index contributed by atoms with van der Waals surface area (Å²) in [4.78, 5) is 0. The molecule has 1 aromatic carbocycles. The summed E-state index contributed by atoms with van der Waals surface area (Å²) in [5, 5.41) is 3.89. The van der Waals surface area contributed by atoms with Gasteiger partial charge in [-0.25, -0.2) is 0 Å². The van der Waals surface area contributed by atoms with Crippen LogP contribution in [-0.2, 0) is 0 Å². The second-order valence-corrected chi connectivity index (χ2v) is 4.80. The number of hydrogen-bond acceptors (Lipinski definition) is 5. The molecule has 0 saturated heterocycles. The summed E-state index contributed by atoms with van der Waals surface area (Å²) >= 11 is 3.49. The first-order chi connectivity index (χ1) is 8.74. The number of halogens is 1. The van der Waals surface area contributed by atoms with Crippen molar-refractivity contribution in [3.63, 3.8) is 0 Å². The first-order valence-corrected chi connectivity index (χ1v) is 6.35. The summed E-state index contributed by atoms with van der Waals surface area (Å²) in [5.41, 5.74) is 7.05. The fourth-order valence-electron chi connectivity index (χ4n) is 1.80. The molecule has 3 rings (SSSR count). The molecule has 0 saturated carbocycles. The van der Waals surface area contributed by atoms with E-state index >= 15 is 0 Å². The zero-order chi connectivity index (χ0) is 12.5. The van der Waals surface area contributed by atoms with E-state index in [1.807, 2.05) is 12.1 Å². The molecule has 18 heavy (non-hydrogen) atoms. The Morgan fingerprint density at radius 3 is 2.50 bits per heavy atom. The van der Waals surface area contributed by atoms with E-state index in [4.69, 9.17) is 19.7 Å². The number of fused-ring (bicyclic) bond motifs is 1. The van der Waals surface area contributed by atoms with Crippen molar-refractivity contribution in [2.24, 2.45) is 0 Å². The first kappa shape index (κ1) is 11.4. The molecule has 2 heterocycles. The van der Waals surface area contributed by atoms with E-state index in [2.05, 4.69) is 21.1 Å². The van der Waals surface area contributed by atoms with Gasteiger partial charge in [0.2, 0.25) is 5.88 Å². The molecule has 0 atom stereocenters. The van der Waals surface area contributed by atoms with E-state index in [-0.39, 0.29) is 5.88 Å². The molecule has 0 amide bonds. The van der Waals surface area contributed by atoms with Gasteiger partial charge in [-0.15, -0.1) is 0 Å². The molecular weight excluding hydrogens is 300 g/mol. The van der Waals surface area contributed by atoms with Crippen molar-refractivity contribution in [2.75, 3.05) is 18.9 Å². The van der Waals surface area contributed by atoms with Crippen LogP contribution in [0.3, 0.4) is 0 Å². The number of aromatic nitrogens is 1. The molecule has 5 nitrogen and oxygen atoms in total. The molecule has 2 aromatic rings. The monoisotopic (exact) mass is 310 g/mol. The molecule has 0 fully saturated rings. The minimum absolute atomic E-state index is 0.281. The number of ether oxygens (including phenoxy) is 2. The Bertz CT molecular complexity index is 583. The fraction of sp³-hybridized carbons (Fsp3) is 0.250. The first-order valence-electron chi connectivity index (χ1n) is 5.56. The number of rotatable bonds is 1. The maximum Gasteiger partial charge on any atom is 0.222 e. The number of hydrogen-bond donors (Lipinski definition) is 1. The average molecular weight is 311 g/mol. The number of nitrogens with zero attached hydrogens (tertiary/aromatic N) is 1. The highest BCUT2D eigenvalue weighted by atomic mass is 79.9. The second-order valence-electron chi connectivity index (χ2n) is 3.94. The summed E-state index contributed by atoms with van der Waals surface area (Å²) in [7, 11) is 0. The van der Waals surface area contributed by atoms with Crippen molar-refractivity contribution in [2.45, 2.75) is 6.42 Å². The van der Waals surface area contributed by atoms with Crippen molar-refractivity contribution in [3.8, 4) is 22.8 Å². The van der Waals surface area contributed by atoms with Crippen molar-refractivity contribution < 1.29 is 14.0 Å². The Hall–Kier alpha value is -1.69. The van der Waals surface area contributed by atoms with Gasteiger partial charge in [-0.1, -0.05) is 5.16 Å². The standard InChI is InChI=1S/C12H11BrN2O3/c13-8-5-11-10(16-2-1-3-17-11)4-7(8)9-6-12(14)18-15-9/h4-6H,1-3,14H2. The van der Waals surface area contributed by atoms with Crippen LogP contribution in [0.15, 0.2) is 27.2 Å². The van der Waals surface area contributed by atoms with Crippen LogP contribution in [0.2, 0.25) is 0 Å². The largest absolute Gasteiger partial charge is 0.490 e. The van der Waals surface area contributed by atoms with Gasteiger partial charge in [-0.05, 0) is 28.1 Å². The van der Waals surface area contributed by atoms with Crippen LogP contribution in [0.5, 0.6) is 11.5 Å². The van der Waals surface area contributed by atoms with E-state index in [9.17, 15) is 0 Å². The van der Waals surface area contributed by atoms with Gasteiger partial charge >= 0.3 is 0 Å². The SMILES string of the molecule is Nc1cc(-c2cc3c(cc2Br)OCCCO3)no1. The molecule has 2 N–H and O–H groups in total. The minimum Gasteiger partial charge on any atom is -0.490 e. The molecule has 0 bridgehead atoms. The van der Waals surface area contributed by atoms with Crippen LogP contribution in [0.4, 0.5) is 5.88 Å². The van der Waals surface area contributed by atoms with Crippen LogP contribution in [0.25, 0.3) is 11.3 Å². The lowest BCUT2D eigenvalue weighted by molar-refractivity contribution is 0.297. The molecule has 0 radical (unpaired) electrons. The van der Waals surface area contributed by atoms with E-state index < -0.39 is 0 Å². The lowest BCUT2D eigenvalue weighted by Gasteiger charge is -2.10. The third kappa shape index (κ3) is 2.03. The summed E-state index contributed by atoms with van der Waals surface area (Å²) in [6.45, 7) is 1.31. The normalized spacial score (nSPS) is 14.3. The molecule has 0 spiro atoms. The topological polar surface area (TPSA) is 70.5 Å². The highest BCUT2D eigenvalue weighted by molar-refractivity contribution is 9.10. The van der Waals surface area contributed by atoms with Gasteiger partial charge in [0.15, 0.2) is 11.5 Å². The van der Waals surface area contributed by atoms with Crippen LogP contribution in [-0.4, -0.2) is 18.4 Å². The average Bonchev–Trinajstić information content (AvgIpc) is 2.65. The highest BCUT2D eigenvalue weighted by Crippen LogP contribution is 2.39. The summed E-state index contributed by atoms with van der Waals surface area (Å²) in [6.07, 6.45) is 0.874. The fourth-order valence-corrected chi connectivity index (χ4v) is 2.32. The van der Waals surface area contributed by atoms with Crippen molar-refractivity contribution in [1.29, 1.82) is 0 Å². The zero-order valence-electron chi connectivity index (χ0n) is 9.48. The van der Waals surface area contributed by atoms with E-state index in [0.717, 1.165) is 22.2 Å². The van der Waals surface area contributed by atoms with E-state index in [1.54, 1.807) is 6.07 Å². The molecular formula is C12H11BrN2O3. The molecule has 0 unspecified atom stereocenters. The quantitative estimate of drug-likeness (QED) is 0.877. The lowest BCUT2D eigenvalue weighted by Crippen LogP contribution is -1.97. The van der Waals surface area contributed by atoms with Gasteiger partial charge in [-0.3, -0.25) is 0 Å². The molecule has 1 aliphatic heterocycles. The zero-order valence-corrected chi connectivity index (χ0v) is 11.1. The third-order valence-electron chi connectivity index (χ3n) is 2.64. The van der Waals surface area contributed by atoms with Crippen molar-refractivity contribution in [1.82, 2.24) is 5.16 Å². The van der Waals surface area contributed by atoms with Crippen LogP contribution in [0, 0.1) is 0 Å². The Labute approximate surface area is 112 Å². The predicted molar refractivity (Wildman–Crippen MR) is 69.7 cm³/mol. The lowest BCUT2D eigenvalue weighted by atomic mass is 10.1. The number of benzene rings is 1. The Morgan fingerprint density at radius 2 is 1.83 bits per heavy atom. The maximum atomic E-state index is 5.64. The number of anilines is 1. The van der Waals surface area contributed by atoms with Gasteiger partial charge in [-0.2, -0.15) is 0 Å². The molecule has 1 aliphatic rings. The number of nitrogens with two attached hydrogens (primary N) is 1. The molecule has 94 valence electrons. The van der Waals surface area contributed by atoms with Crippen molar-refractivity contribution in [3.05, 3.63) is 22.7 Å². The molecule has 6 heteroatoms. The van der Waals surface area contributed by atoms with Gasteiger partial charge in [0, 0.05) is 22.5 Å². The van der Waals surface area contributed by atoms with E-state index in [1.165, 1.54) is 0 Å². The molecule has 1 aromatic heterocycles. The smallest absolute Gasteiger partial charge is 0.222 e. The predicted octanol–water partition coefficient (Wildman–Crippen LogP) is 2.85. The minimum atomic E-state index is 0.281. The summed E-state index contributed by atoms with van der Waals surface area (Å²) in [5.74, 6) is 1.73. The van der Waals surface area contributed by atoms with Crippen LogP contribution >= 0.6 is 15.9 Å². The van der Waals surface area contributed by atoms with Crippen molar-refractivity contribution >= 4 is 21.8 Å². The van der Waals surface area contributed by atoms with Gasteiger partial charge in [0.1, 0.15) is 5.69 Å².